The van der Waals surface area contributed by atoms with E-state index in [9.17, 15) is 5.11 Å². The highest BCUT2D eigenvalue weighted by atomic mass is 35.5. The van der Waals surface area contributed by atoms with E-state index in [0.717, 1.165) is 29.4 Å². The summed E-state index contributed by atoms with van der Waals surface area (Å²) in [6.45, 7) is 4.30. The smallest absolute Gasteiger partial charge is 0.0980 e. The predicted molar refractivity (Wildman–Crippen MR) is 84.1 cm³/mol. The molecule has 1 fully saturated rings. The highest BCUT2D eigenvalue weighted by Gasteiger charge is 2.22. The van der Waals surface area contributed by atoms with Crippen molar-refractivity contribution in [3.63, 3.8) is 0 Å². The van der Waals surface area contributed by atoms with Crippen LogP contribution in [0.25, 0.3) is 0 Å². The first kappa shape index (κ1) is 16.5. The molecule has 5 nitrogen and oxygen atoms in total. The Bertz CT molecular complexity index is 445. The minimum Gasteiger partial charge on any atom is -0.394 e. The third-order valence-electron chi connectivity index (χ3n) is 3.56. The molecule has 0 spiro atoms. The normalized spacial score (nSPS) is 19.0. The van der Waals surface area contributed by atoms with Gasteiger partial charge in [-0.15, -0.1) is 0 Å². The number of anilines is 1. The summed E-state index contributed by atoms with van der Waals surface area (Å²) >= 11 is 6.35. The van der Waals surface area contributed by atoms with Gasteiger partial charge in [-0.1, -0.05) is 17.7 Å². The Morgan fingerprint density at radius 3 is 3.14 bits per heavy atom. The van der Waals surface area contributed by atoms with Gasteiger partial charge in [-0.2, -0.15) is 0 Å². The summed E-state index contributed by atoms with van der Waals surface area (Å²) in [7, 11) is 1.69. The summed E-state index contributed by atoms with van der Waals surface area (Å²) in [5.74, 6) is 0. The van der Waals surface area contributed by atoms with Gasteiger partial charge in [-0.05, 0) is 12.1 Å². The van der Waals surface area contributed by atoms with E-state index in [-0.39, 0.29) is 12.7 Å². The number of aliphatic hydroxyl groups is 1. The Kier molecular flexibility index (Phi) is 6.73. The molecule has 1 aliphatic heterocycles. The minimum absolute atomic E-state index is 0.0402. The van der Waals surface area contributed by atoms with E-state index >= 15 is 0 Å². The number of benzene rings is 1. The Hall–Kier alpha value is -0.850. The standard InChI is InChI=1S/C15H23ClN2O3/c1-20-7-5-17-9-13-14(16)3-2-4-15(13)18-6-8-21-12(10-18)11-19/h2-4,12,17,19H,5-11H2,1H3. The molecule has 1 aromatic carbocycles. The first-order chi connectivity index (χ1) is 10.3. The lowest BCUT2D eigenvalue weighted by Crippen LogP contribution is -2.44. The van der Waals surface area contributed by atoms with Gasteiger partial charge >= 0.3 is 0 Å². The molecule has 0 aromatic heterocycles. The van der Waals surface area contributed by atoms with Crippen molar-refractivity contribution in [2.24, 2.45) is 0 Å². The molecule has 1 aliphatic rings. The second kappa shape index (κ2) is 8.56. The Balaban J connectivity index is 2.08. The molecule has 1 saturated heterocycles. The Morgan fingerprint density at radius 2 is 2.38 bits per heavy atom. The zero-order valence-corrected chi connectivity index (χ0v) is 13.1. The maximum Gasteiger partial charge on any atom is 0.0980 e. The molecule has 0 radical (unpaired) electrons. The summed E-state index contributed by atoms with van der Waals surface area (Å²) in [5, 5.41) is 13.4. The molecule has 0 aliphatic carbocycles. The summed E-state index contributed by atoms with van der Waals surface area (Å²) in [5.41, 5.74) is 2.18. The maximum absolute atomic E-state index is 9.28. The SMILES string of the molecule is COCCNCc1c(Cl)cccc1N1CCOC(CO)C1. The van der Waals surface area contributed by atoms with Gasteiger partial charge in [0.05, 0.1) is 25.9 Å². The summed E-state index contributed by atoms with van der Waals surface area (Å²) in [4.78, 5) is 2.23. The van der Waals surface area contributed by atoms with Gasteiger partial charge in [0, 0.05) is 49.6 Å². The fourth-order valence-corrected chi connectivity index (χ4v) is 2.69. The number of morpholine rings is 1. The number of methoxy groups -OCH3 is 1. The van der Waals surface area contributed by atoms with Crippen LogP contribution >= 0.6 is 11.6 Å². The molecule has 2 N–H and O–H groups in total. The van der Waals surface area contributed by atoms with Crippen LogP contribution in [0.5, 0.6) is 0 Å². The van der Waals surface area contributed by atoms with Crippen molar-refractivity contribution in [1.82, 2.24) is 5.32 Å². The average molecular weight is 315 g/mol. The molecule has 0 amide bonds. The van der Waals surface area contributed by atoms with Crippen molar-refractivity contribution in [3.8, 4) is 0 Å². The van der Waals surface area contributed by atoms with E-state index in [1.165, 1.54) is 0 Å². The van der Waals surface area contributed by atoms with E-state index in [1.807, 2.05) is 12.1 Å². The molecule has 118 valence electrons. The lowest BCUT2D eigenvalue weighted by molar-refractivity contribution is 0.00352. The lowest BCUT2D eigenvalue weighted by Gasteiger charge is -2.35. The first-order valence-electron chi connectivity index (χ1n) is 7.20. The summed E-state index contributed by atoms with van der Waals surface area (Å²) < 4.78 is 10.5. The molecular formula is C15H23ClN2O3. The van der Waals surface area contributed by atoms with Crippen LogP contribution in [0.15, 0.2) is 18.2 Å². The number of hydrogen-bond donors (Lipinski definition) is 2. The van der Waals surface area contributed by atoms with Crippen LogP contribution in [-0.2, 0) is 16.0 Å². The van der Waals surface area contributed by atoms with E-state index in [0.29, 0.717) is 26.3 Å². The third-order valence-corrected chi connectivity index (χ3v) is 3.92. The highest BCUT2D eigenvalue weighted by Crippen LogP contribution is 2.28. The van der Waals surface area contributed by atoms with Crippen molar-refractivity contribution < 1.29 is 14.6 Å². The van der Waals surface area contributed by atoms with Crippen LogP contribution in [-0.4, -0.2) is 57.8 Å². The quantitative estimate of drug-likeness (QED) is 0.743. The van der Waals surface area contributed by atoms with E-state index in [2.05, 4.69) is 16.3 Å². The number of halogens is 1. The van der Waals surface area contributed by atoms with Gasteiger partial charge in [0.25, 0.3) is 0 Å². The number of hydrogen-bond acceptors (Lipinski definition) is 5. The number of nitrogens with zero attached hydrogens (tertiary/aromatic N) is 1. The van der Waals surface area contributed by atoms with Gasteiger partial charge < -0.3 is 24.8 Å². The lowest BCUT2D eigenvalue weighted by atomic mass is 10.1. The molecule has 1 unspecified atom stereocenters. The molecule has 21 heavy (non-hydrogen) atoms. The fraction of sp³-hybridized carbons (Fsp3) is 0.600. The second-order valence-electron chi connectivity index (χ2n) is 5.03. The van der Waals surface area contributed by atoms with Crippen LogP contribution in [0.1, 0.15) is 5.56 Å². The van der Waals surface area contributed by atoms with Crippen LogP contribution < -0.4 is 10.2 Å². The zero-order chi connectivity index (χ0) is 15.1. The third kappa shape index (κ3) is 4.56. The van der Waals surface area contributed by atoms with E-state index < -0.39 is 0 Å². The van der Waals surface area contributed by atoms with Gasteiger partial charge in [0.15, 0.2) is 0 Å². The average Bonchev–Trinajstić information content (AvgIpc) is 2.52. The molecule has 0 saturated carbocycles. The minimum atomic E-state index is -0.132. The maximum atomic E-state index is 9.28. The molecule has 1 heterocycles. The number of nitrogens with one attached hydrogen (secondary N) is 1. The summed E-state index contributed by atoms with van der Waals surface area (Å²) in [6, 6.07) is 5.93. The largest absolute Gasteiger partial charge is 0.394 e. The van der Waals surface area contributed by atoms with Crippen molar-refractivity contribution in [2.45, 2.75) is 12.6 Å². The van der Waals surface area contributed by atoms with Crippen molar-refractivity contribution >= 4 is 17.3 Å². The first-order valence-corrected chi connectivity index (χ1v) is 7.58. The zero-order valence-electron chi connectivity index (χ0n) is 12.3. The van der Waals surface area contributed by atoms with Gasteiger partial charge in [0.2, 0.25) is 0 Å². The van der Waals surface area contributed by atoms with Crippen molar-refractivity contribution in [2.75, 3.05) is 51.5 Å². The summed E-state index contributed by atoms with van der Waals surface area (Å²) in [6.07, 6.45) is -0.132. The molecule has 1 atom stereocenters. The van der Waals surface area contributed by atoms with Crippen molar-refractivity contribution in [1.29, 1.82) is 0 Å². The Labute approximate surface area is 130 Å². The van der Waals surface area contributed by atoms with Gasteiger partial charge in [-0.3, -0.25) is 0 Å². The predicted octanol–water partition coefficient (Wildman–Crippen LogP) is 1.27. The van der Waals surface area contributed by atoms with Crippen LogP contribution in [0.3, 0.4) is 0 Å². The van der Waals surface area contributed by atoms with Gasteiger partial charge in [0.1, 0.15) is 0 Å². The van der Waals surface area contributed by atoms with E-state index in [1.54, 1.807) is 7.11 Å². The molecule has 2 rings (SSSR count). The Morgan fingerprint density at radius 1 is 1.52 bits per heavy atom. The molecule has 6 heteroatoms. The topological polar surface area (TPSA) is 54.0 Å². The fourth-order valence-electron chi connectivity index (χ4n) is 2.45. The number of ether oxygens (including phenoxy) is 2. The van der Waals surface area contributed by atoms with Gasteiger partial charge in [-0.25, -0.2) is 0 Å². The van der Waals surface area contributed by atoms with Crippen molar-refractivity contribution in [3.05, 3.63) is 28.8 Å². The molecular weight excluding hydrogens is 292 g/mol. The van der Waals surface area contributed by atoms with E-state index in [4.69, 9.17) is 21.1 Å². The number of rotatable bonds is 7. The molecule has 0 bridgehead atoms. The monoisotopic (exact) mass is 314 g/mol. The van der Waals surface area contributed by atoms with Crippen LogP contribution in [0.4, 0.5) is 5.69 Å². The highest BCUT2D eigenvalue weighted by molar-refractivity contribution is 6.31. The molecule has 1 aromatic rings. The number of aliphatic hydroxyl groups excluding tert-OH is 1. The second-order valence-corrected chi connectivity index (χ2v) is 5.44. The van der Waals surface area contributed by atoms with Crippen LogP contribution in [0, 0.1) is 0 Å². The van der Waals surface area contributed by atoms with Crippen LogP contribution in [0.2, 0.25) is 5.02 Å².